The third kappa shape index (κ3) is 3.88. The summed E-state index contributed by atoms with van der Waals surface area (Å²) in [4.78, 5) is -1.05. The molecular formula is C19H20F2N2O6S2. The van der Waals surface area contributed by atoms with E-state index in [1.165, 1.54) is 25.1 Å². The van der Waals surface area contributed by atoms with E-state index in [1.807, 2.05) is 0 Å². The van der Waals surface area contributed by atoms with Crippen LogP contribution in [-0.2, 0) is 20.0 Å². The number of ether oxygens (including phenoxy) is 2. The number of fused-ring (bicyclic) bond motifs is 1. The van der Waals surface area contributed by atoms with E-state index in [1.54, 1.807) is 0 Å². The molecule has 2 aromatic carbocycles. The minimum Gasteiger partial charge on any atom is -0.486 e. The van der Waals surface area contributed by atoms with E-state index in [9.17, 15) is 25.6 Å². The number of hydrogen-bond acceptors (Lipinski definition) is 6. The molecule has 1 fully saturated rings. The summed E-state index contributed by atoms with van der Waals surface area (Å²) in [5.74, 6) is -1.63. The van der Waals surface area contributed by atoms with Gasteiger partial charge in [0.1, 0.15) is 24.8 Å². The second-order valence-electron chi connectivity index (χ2n) is 7.18. The summed E-state index contributed by atoms with van der Waals surface area (Å²) in [5, 5.41) is 0. The number of benzene rings is 2. The number of piperazine rings is 1. The van der Waals surface area contributed by atoms with E-state index >= 15 is 0 Å². The molecule has 1 saturated heterocycles. The highest BCUT2D eigenvalue weighted by Gasteiger charge is 2.40. The van der Waals surface area contributed by atoms with Gasteiger partial charge in [-0.2, -0.15) is 8.61 Å². The Morgan fingerprint density at radius 2 is 1.55 bits per heavy atom. The van der Waals surface area contributed by atoms with E-state index in [0.29, 0.717) is 24.7 Å². The Morgan fingerprint density at radius 3 is 2.19 bits per heavy atom. The molecule has 0 radical (unpaired) electrons. The van der Waals surface area contributed by atoms with E-state index in [0.717, 1.165) is 26.8 Å². The summed E-state index contributed by atoms with van der Waals surface area (Å²) in [5.41, 5.74) is 0. The second-order valence-corrected chi connectivity index (χ2v) is 10.9. The Bertz CT molecular complexity index is 1200. The van der Waals surface area contributed by atoms with Crippen molar-refractivity contribution in [3.8, 4) is 11.5 Å². The zero-order chi connectivity index (χ0) is 22.4. The van der Waals surface area contributed by atoms with Gasteiger partial charge in [0.15, 0.2) is 16.4 Å². The lowest BCUT2D eigenvalue weighted by Gasteiger charge is -2.38. The fourth-order valence-electron chi connectivity index (χ4n) is 3.66. The minimum atomic E-state index is -4.49. The van der Waals surface area contributed by atoms with Gasteiger partial charge in [-0.25, -0.2) is 25.6 Å². The van der Waals surface area contributed by atoms with Crippen LogP contribution in [0.4, 0.5) is 8.78 Å². The lowest BCUT2D eigenvalue weighted by molar-refractivity contribution is 0.171. The lowest BCUT2D eigenvalue weighted by Crippen LogP contribution is -2.55. The predicted molar refractivity (Wildman–Crippen MR) is 106 cm³/mol. The molecule has 2 heterocycles. The average Bonchev–Trinajstić information content (AvgIpc) is 2.72. The third-order valence-corrected chi connectivity index (χ3v) is 9.09. The van der Waals surface area contributed by atoms with Crippen LogP contribution in [0.5, 0.6) is 11.5 Å². The molecular weight excluding hydrogens is 454 g/mol. The molecule has 1 atom stereocenters. The van der Waals surface area contributed by atoms with Crippen molar-refractivity contribution in [1.82, 2.24) is 8.61 Å². The molecule has 12 heteroatoms. The van der Waals surface area contributed by atoms with Crippen LogP contribution in [0.3, 0.4) is 0 Å². The Balaban J connectivity index is 1.58. The van der Waals surface area contributed by atoms with Gasteiger partial charge in [-0.05, 0) is 31.2 Å². The van der Waals surface area contributed by atoms with Crippen LogP contribution in [-0.4, -0.2) is 64.3 Å². The van der Waals surface area contributed by atoms with Gasteiger partial charge in [0.25, 0.3) is 0 Å². The van der Waals surface area contributed by atoms with E-state index in [2.05, 4.69) is 0 Å². The zero-order valence-corrected chi connectivity index (χ0v) is 18.1. The van der Waals surface area contributed by atoms with Crippen molar-refractivity contribution in [1.29, 1.82) is 0 Å². The highest BCUT2D eigenvalue weighted by Crippen LogP contribution is 2.34. The number of hydrogen-bond donors (Lipinski definition) is 0. The highest BCUT2D eigenvalue weighted by molar-refractivity contribution is 7.89. The standard InChI is InChI=1S/C19H20F2N2O6S2/c1-13-12-22(30(24,25)14-5-6-17-18(11-14)29-10-9-28-17)7-8-23(13)31(26,27)19-15(20)3-2-4-16(19)21/h2-6,11,13H,7-10,12H2,1H3/t13-/m1/s1. The van der Waals surface area contributed by atoms with Crippen LogP contribution in [0, 0.1) is 11.6 Å². The third-order valence-electron chi connectivity index (χ3n) is 5.17. The van der Waals surface area contributed by atoms with Crippen molar-refractivity contribution in [2.24, 2.45) is 0 Å². The van der Waals surface area contributed by atoms with Gasteiger partial charge < -0.3 is 9.47 Å². The number of sulfonamides is 2. The van der Waals surface area contributed by atoms with Gasteiger partial charge in [-0.1, -0.05) is 6.07 Å². The second kappa shape index (κ2) is 8.01. The first-order chi connectivity index (χ1) is 14.6. The highest BCUT2D eigenvalue weighted by atomic mass is 32.2. The van der Waals surface area contributed by atoms with Crippen molar-refractivity contribution in [2.75, 3.05) is 32.8 Å². The van der Waals surface area contributed by atoms with Crippen molar-refractivity contribution < 1.29 is 35.1 Å². The average molecular weight is 475 g/mol. The van der Waals surface area contributed by atoms with Gasteiger partial charge >= 0.3 is 0 Å². The number of rotatable bonds is 4. The smallest absolute Gasteiger partial charge is 0.249 e. The molecule has 31 heavy (non-hydrogen) atoms. The fraction of sp³-hybridized carbons (Fsp3) is 0.368. The quantitative estimate of drug-likeness (QED) is 0.671. The first-order valence-electron chi connectivity index (χ1n) is 9.48. The van der Waals surface area contributed by atoms with Crippen LogP contribution in [0.2, 0.25) is 0 Å². The first-order valence-corrected chi connectivity index (χ1v) is 12.4. The maximum atomic E-state index is 14.1. The predicted octanol–water partition coefficient (Wildman–Crippen LogP) is 1.82. The summed E-state index contributed by atoms with van der Waals surface area (Å²) in [6.45, 7) is 1.57. The van der Waals surface area contributed by atoms with Gasteiger partial charge in [0.2, 0.25) is 20.0 Å². The van der Waals surface area contributed by atoms with Gasteiger partial charge in [0.05, 0.1) is 4.90 Å². The van der Waals surface area contributed by atoms with Crippen LogP contribution in [0.1, 0.15) is 6.92 Å². The lowest BCUT2D eigenvalue weighted by atomic mass is 10.3. The normalized spacial score (nSPS) is 20.5. The molecule has 0 unspecified atom stereocenters. The fourth-order valence-corrected chi connectivity index (χ4v) is 6.92. The molecule has 0 amide bonds. The summed E-state index contributed by atoms with van der Waals surface area (Å²) in [6, 6.07) is 6.23. The van der Waals surface area contributed by atoms with Gasteiger partial charge in [-0.3, -0.25) is 0 Å². The van der Waals surface area contributed by atoms with Crippen molar-refractivity contribution >= 4 is 20.0 Å². The first kappa shape index (κ1) is 21.9. The van der Waals surface area contributed by atoms with Crippen molar-refractivity contribution in [3.05, 3.63) is 48.0 Å². The van der Waals surface area contributed by atoms with E-state index in [-0.39, 0.29) is 24.5 Å². The summed E-state index contributed by atoms with van der Waals surface area (Å²) >= 11 is 0. The number of halogens is 2. The Morgan fingerprint density at radius 1 is 0.903 bits per heavy atom. The van der Waals surface area contributed by atoms with E-state index < -0.39 is 42.6 Å². The molecule has 2 aliphatic rings. The maximum absolute atomic E-state index is 14.1. The number of nitrogens with zero attached hydrogens (tertiary/aromatic N) is 2. The SMILES string of the molecule is C[C@@H]1CN(S(=O)(=O)c2ccc3c(c2)OCCO3)CCN1S(=O)(=O)c1c(F)cccc1F. The largest absolute Gasteiger partial charge is 0.486 e. The van der Waals surface area contributed by atoms with Gasteiger partial charge in [0, 0.05) is 31.7 Å². The van der Waals surface area contributed by atoms with Gasteiger partial charge in [-0.15, -0.1) is 0 Å². The molecule has 0 N–H and O–H groups in total. The Hall–Kier alpha value is -2.28. The molecule has 8 nitrogen and oxygen atoms in total. The summed E-state index contributed by atoms with van der Waals surface area (Å²) in [6.07, 6.45) is 0. The summed E-state index contributed by atoms with van der Waals surface area (Å²) < 4.78 is 93.0. The molecule has 0 spiro atoms. The Labute approximate surface area is 179 Å². The molecule has 168 valence electrons. The maximum Gasteiger partial charge on any atom is 0.249 e. The van der Waals surface area contributed by atoms with Crippen molar-refractivity contribution in [3.63, 3.8) is 0 Å². The molecule has 0 saturated carbocycles. The van der Waals surface area contributed by atoms with Crippen molar-refractivity contribution in [2.45, 2.75) is 22.8 Å². The van der Waals surface area contributed by atoms with Crippen LogP contribution in [0.25, 0.3) is 0 Å². The van der Waals surface area contributed by atoms with Crippen LogP contribution in [0.15, 0.2) is 46.2 Å². The van der Waals surface area contributed by atoms with Crippen LogP contribution >= 0.6 is 0 Å². The van der Waals surface area contributed by atoms with E-state index in [4.69, 9.17) is 9.47 Å². The topological polar surface area (TPSA) is 93.2 Å². The zero-order valence-electron chi connectivity index (χ0n) is 16.5. The molecule has 2 aromatic rings. The monoisotopic (exact) mass is 474 g/mol. The molecule has 0 aliphatic carbocycles. The molecule has 4 rings (SSSR count). The minimum absolute atomic E-state index is 0.0135. The molecule has 0 aromatic heterocycles. The Kier molecular flexibility index (Phi) is 5.66. The summed E-state index contributed by atoms with van der Waals surface area (Å²) in [7, 11) is -8.44. The van der Waals surface area contributed by atoms with Crippen LogP contribution < -0.4 is 9.47 Å². The molecule has 2 aliphatic heterocycles. The molecule has 0 bridgehead atoms.